The van der Waals surface area contributed by atoms with Crippen molar-refractivity contribution in [2.24, 2.45) is 5.92 Å². The van der Waals surface area contributed by atoms with Crippen molar-refractivity contribution in [2.45, 2.75) is 25.8 Å². The Bertz CT molecular complexity index is 915. The van der Waals surface area contributed by atoms with Crippen LogP contribution in [0.15, 0.2) is 48.5 Å². The van der Waals surface area contributed by atoms with E-state index in [9.17, 15) is 4.79 Å². The highest BCUT2D eigenvalue weighted by atomic mass is 35.5. The van der Waals surface area contributed by atoms with Crippen molar-refractivity contribution in [2.75, 3.05) is 0 Å². The molecular formula is C20H19ClN2O. The van der Waals surface area contributed by atoms with Gasteiger partial charge in [-0.3, -0.25) is 4.79 Å². The molecule has 1 aromatic heterocycles. The van der Waals surface area contributed by atoms with Gasteiger partial charge >= 0.3 is 0 Å². The smallest absolute Gasteiger partial charge is 0.267 e. The maximum atomic E-state index is 12.6. The summed E-state index contributed by atoms with van der Waals surface area (Å²) in [6.07, 6.45) is 1.89. The lowest BCUT2D eigenvalue weighted by atomic mass is 9.81. The average molecular weight is 339 g/mol. The van der Waals surface area contributed by atoms with Gasteiger partial charge in [0.2, 0.25) is 0 Å². The van der Waals surface area contributed by atoms with Gasteiger partial charge in [0.05, 0.1) is 0 Å². The Hall–Kier alpha value is -2.26. The van der Waals surface area contributed by atoms with Crippen LogP contribution >= 0.6 is 11.6 Å². The highest BCUT2D eigenvalue weighted by Crippen LogP contribution is 2.26. The first-order valence-electron chi connectivity index (χ1n) is 8.26. The lowest BCUT2D eigenvalue weighted by Crippen LogP contribution is -2.44. The summed E-state index contributed by atoms with van der Waals surface area (Å²) < 4.78 is 0. The van der Waals surface area contributed by atoms with Crippen molar-refractivity contribution < 1.29 is 4.79 Å². The van der Waals surface area contributed by atoms with E-state index in [4.69, 9.17) is 11.6 Å². The average Bonchev–Trinajstić information content (AvgIpc) is 2.98. The zero-order chi connectivity index (χ0) is 16.7. The van der Waals surface area contributed by atoms with E-state index in [1.54, 1.807) is 0 Å². The van der Waals surface area contributed by atoms with E-state index < -0.39 is 0 Å². The van der Waals surface area contributed by atoms with Gasteiger partial charge in [-0.1, -0.05) is 42.8 Å². The maximum absolute atomic E-state index is 12.6. The van der Waals surface area contributed by atoms with Crippen molar-refractivity contribution in [1.29, 1.82) is 0 Å². The SMILES string of the molecule is C[C@@H]1Cc2ccccc2C[C@H]1NC(=O)c1cc2cc(Cl)ccc2[nH]1. The number of carbonyl (C=O) groups excluding carboxylic acids is 1. The van der Waals surface area contributed by atoms with E-state index in [1.807, 2.05) is 24.3 Å². The maximum Gasteiger partial charge on any atom is 0.267 e. The van der Waals surface area contributed by atoms with Crippen LogP contribution in [-0.4, -0.2) is 16.9 Å². The number of H-pyrrole nitrogens is 1. The Morgan fingerprint density at radius 3 is 2.67 bits per heavy atom. The molecule has 0 spiro atoms. The number of aromatic nitrogens is 1. The number of carbonyl (C=O) groups is 1. The van der Waals surface area contributed by atoms with Crippen LogP contribution in [0.3, 0.4) is 0 Å². The zero-order valence-electron chi connectivity index (χ0n) is 13.5. The molecule has 1 heterocycles. The number of benzene rings is 2. The number of fused-ring (bicyclic) bond motifs is 2. The summed E-state index contributed by atoms with van der Waals surface area (Å²) in [6, 6.07) is 16.1. The lowest BCUT2D eigenvalue weighted by Gasteiger charge is -2.31. The molecule has 0 radical (unpaired) electrons. The standard InChI is InChI=1S/C20H19ClN2O/c1-12-8-13-4-2-3-5-14(13)10-18(12)23-20(24)19-11-15-9-16(21)6-7-17(15)22-19/h2-7,9,11-12,18,22H,8,10H2,1H3,(H,23,24)/t12-,18-/m1/s1. The number of rotatable bonds is 2. The van der Waals surface area contributed by atoms with E-state index in [0.717, 1.165) is 23.7 Å². The molecule has 3 aromatic rings. The summed E-state index contributed by atoms with van der Waals surface area (Å²) in [5.74, 6) is 0.362. The predicted molar refractivity (Wildman–Crippen MR) is 97.6 cm³/mol. The van der Waals surface area contributed by atoms with Gasteiger partial charge in [0.15, 0.2) is 0 Å². The second-order valence-corrected chi connectivity index (χ2v) is 7.09. The third-order valence-corrected chi connectivity index (χ3v) is 5.17. The largest absolute Gasteiger partial charge is 0.351 e. The van der Waals surface area contributed by atoms with Gasteiger partial charge in [-0.25, -0.2) is 0 Å². The first kappa shape index (κ1) is 15.3. The van der Waals surface area contributed by atoms with Crippen LogP contribution in [0.25, 0.3) is 10.9 Å². The van der Waals surface area contributed by atoms with Crippen molar-refractivity contribution in [3.63, 3.8) is 0 Å². The molecule has 2 N–H and O–H groups in total. The molecule has 0 fully saturated rings. The number of amides is 1. The van der Waals surface area contributed by atoms with Gasteiger partial charge in [-0.2, -0.15) is 0 Å². The molecule has 1 aliphatic rings. The summed E-state index contributed by atoms with van der Waals surface area (Å²) in [7, 11) is 0. The molecule has 0 aliphatic heterocycles. The van der Waals surface area contributed by atoms with E-state index in [1.165, 1.54) is 11.1 Å². The van der Waals surface area contributed by atoms with Crippen molar-refractivity contribution in [3.05, 3.63) is 70.4 Å². The number of hydrogen-bond acceptors (Lipinski definition) is 1. The van der Waals surface area contributed by atoms with Crippen LogP contribution < -0.4 is 5.32 Å². The number of aromatic amines is 1. The summed E-state index contributed by atoms with van der Waals surface area (Å²) in [6.45, 7) is 2.20. The van der Waals surface area contributed by atoms with Gasteiger partial charge in [0.1, 0.15) is 5.69 Å². The molecule has 4 rings (SSSR count). The predicted octanol–water partition coefficient (Wildman–Crippen LogP) is 4.35. The quantitative estimate of drug-likeness (QED) is 0.716. The van der Waals surface area contributed by atoms with E-state index in [0.29, 0.717) is 16.6 Å². The minimum Gasteiger partial charge on any atom is -0.351 e. The fourth-order valence-corrected chi connectivity index (χ4v) is 3.73. The first-order valence-corrected chi connectivity index (χ1v) is 8.64. The molecule has 24 heavy (non-hydrogen) atoms. The highest BCUT2D eigenvalue weighted by molar-refractivity contribution is 6.31. The molecular weight excluding hydrogens is 320 g/mol. The normalized spacial score (nSPS) is 19.9. The van der Waals surface area contributed by atoms with E-state index >= 15 is 0 Å². The van der Waals surface area contributed by atoms with Crippen LogP contribution in [0.4, 0.5) is 0 Å². The summed E-state index contributed by atoms with van der Waals surface area (Å²) >= 11 is 6.02. The molecule has 0 saturated carbocycles. The Morgan fingerprint density at radius 1 is 1.12 bits per heavy atom. The molecule has 1 aliphatic carbocycles. The Labute approximate surface area is 146 Å². The molecule has 0 bridgehead atoms. The van der Waals surface area contributed by atoms with Gasteiger partial charge in [0, 0.05) is 22.0 Å². The number of halogens is 1. The molecule has 0 saturated heterocycles. The summed E-state index contributed by atoms with van der Waals surface area (Å²) in [4.78, 5) is 15.8. The fraction of sp³-hybridized carbons (Fsp3) is 0.250. The minimum absolute atomic E-state index is 0.0569. The topological polar surface area (TPSA) is 44.9 Å². The monoisotopic (exact) mass is 338 g/mol. The Morgan fingerprint density at radius 2 is 1.88 bits per heavy atom. The van der Waals surface area contributed by atoms with Gasteiger partial charge in [0.25, 0.3) is 5.91 Å². The Balaban J connectivity index is 1.55. The molecule has 1 amide bonds. The number of hydrogen-bond donors (Lipinski definition) is 2. The third-order valence-electron chi connectivity index (χ3n) is 4.93. The molecule has 4 heteroatoms. The van der Waals surface area contributed by atoms with E-state index in [2.05, 4.69) is 41.5 Å². The first-order chi connectivity index (χ1) is 11.6. The zero-order valence-corrected chi connectivity index (χ0v) is 14.2. The van der Waals surface area contributed by atoms with Crippen LogP contribution in [-0.2, 0) is 12.8 Å². The molecule has 0 unspecified atom stereocenters. The van der Waals surface area contributed by atoms with Crippen LogP contribution in [0, 0.1) is 5.92 Å². The highest BCUT2D eigenvalue weighted by Gasteiger charge is 2.27. The van der Waals surface area contributed by atoms with Gasteiger partial charge < -0.3 is 10.3 Å². The lowest BCUT2D eigenvalue weighted by molar-refractivity contribution is 0.0917. The van der Waals surface area contributed by atoms with E-state index in [-0.39, 0.29) is 11.9 Å². The van der Waals surface area contributed by atoms with Gasteiger partial charge in [-0.05, 0) is 54.2 Å². The van der Waals surface area contributed by atoms with Crippen molar-refractivity contribution in [3.8, 4) is 0 Å². The van der Waals surface area contributed by atoms with Gasteiger partial charge in [-0.15, -0.1) is 0 Å². The molecule has 2 aromatic carbocycles. The van der Waals surface area contributed by atoms with Crippen molar-refractivity contribution >= 4 is 28.4 Å². The number of nitrogens with one attached hydrogen (secondary N) is 2. The second kappa shape index (κ2) is 5.99. The molecule has 122 valence electrons. The minimum atomic E-state index is -0.0569. The molecule has 2 atom stereocenters. The summed E-state index contributed by atoms with van der Waals surface area (Å²) in [5, 5.41) is 4.82. The second-order valence-electron chi connectivity index (χ2n) is 6.65. The van der Waals surface area contributed by atoms with Crippen LogP contribution in [0.1, 0.15) is 28.5 Å². The third kappa shape index (κ3) is 2.80. The van der Waals surface area contributed by atoms with Crippen molar-refractivity contribution in [1.82, 2.24) is 10.3 Å². The molecule has 3 nitrogen and oxygen atoms in total. The summed E-state index contributed by atoms with van der Waals surface area (Å²) in [5.41, 5.74) is 4.24. The fourth-order valence-electron chi connectivity index (χ4n) is 3.55. The van der Waals surface area contributed by atoms with Crippen LogP contribution in [0.2, 0.25) is 5.02 Å². The Kier molecular flexibility index (Phi) is 3.81. The van der Waals surface area contributed by atoms with Crippen LogP contribution in [0.5, 0.6) is 0 Å².